The van der Waals surface area contributed by atoms with E-state index in [1.807, 2.05) is 6.92 Å². The summed E-state index contributed by atoms with van der Waals surface area (Å²) in [5.41, 5.74) is 2.74. The number of ether oxygens (including phenoxy) is 2. The van der Waals surface area contributed by atoms with Gasteiger partial charge in [-0.05, 0) is 49.9 Å². The molecule has 11 heteroatoms. The van der Waals surface area contributed by atoms with Crippen LogP contribution < -0.4 is 20.5 Å². The van der Waals surface area contributed by atoms with Crippen LogP contribution in [-0.4, -0.2) is 37.4 Å². The molecule has 2 amide bonds. The molecule has 2 unspecified atom stereocenters. The van der Waals surface area contributed by atoms with E-state index in [4.69, 9.17) is 37.5 Å². The van der Waals surface area contributed by atoms with Gasteiger partial charge in [0.15, 0.2) is 6.61 Å². The molecule has 0 spiro atoms. The van der Waals surface area contributed by atoms with Gasteiger partial charge in [-0.1, -0.05) is 30.1 Å². The molecular formula is C24H26Cl2F2N2O5. The number of nitrogens with one attached hydrogen (secondary N) is 1. The number of primary amides is 1. The molecule has 0 saturated heterocycles. The lowest BCUT2D eigenvalue weighted by Crippen LogP contribution is -2.50. The van der Waals surface area contributed by atoms with Crippen LogP contribution in [0.25, 0.3) is 0 Å². The predicted octanol–water partition coefficient (Wildman–Crippen LogP) is 4.47. The second-order valence-electron chi connectivity index (χ2n) is 8.22. The smallest absolute Gasteiger partial charge is 0.258 e. The standard InChI is InChI=1S/C23H23Cl2F2NO4.CH3NO/c1-2-22(14-32-16-4-6-18(25)20(27)10-16)7-8-23(12-22,13-29)28-21(30)11-31-15-3-5-17(24)19(26)9-15;2-1-3/h3-6,9-10,13H,2,7-8,11-12,14H2,1H3,(H,28,30);1H,(H2,2,3). The Morgan fingerprint density at radius 1 is 1.06 bits per heavy atom. The molecule has 1 saturated carbocycles. The van der Waals surface area contributed by atoms with E-state index in [-0.39, 0.29) is 40.8 Å². The highest BCUT2D eigenvalue weighted by Crippen LogP contribution is 2.46. The van der Waals surface area contributed by atoms with Crippen molar-refractivity contribution in [2.24, 2.45) is 11.1 Å². The van der Waals surface area contributed by atoms with Crippen molar-refractivity contribution in [2.75, 3.05) is 13.2 Å². The predicted molar refractivity (Wildman–Crippen MR) is 128 cm³/mol. The van der Waals surface area contributed by atoms with Crippen LogP contribution in [0.5, 0.6) is 11.5 Å². The van der Waals surface area contributed by atoms with Crippen molar-refractivity contribution in [1.29, 1.82) is 0 Å². The van der Waals surface area contributed by atoms with Crippen molar-refractivity contribution < 1.29 is 32.6 Å². The molecule has 35 heavy (non-hydrogen) atoms. The topological polar surface area (TPSA) is 108 Å². The molecular weight excluding hydrogens is 505 g/mol. The molecule has 190 valence electrons. The summed E-state index contributed by atoms with van der Waals surface area (Å²) in [5, 5.41) is 2.72. The van der Waals surface area contributed by atoms with E-state index >= 15 is 0 Å². The highest BCUT2D eigenvalue weighted by molar-refractivity contribution is 6.31. The van der Waals surface area contributed by atoms with E-state index in [1.54, 1.807) is 6.07 Å². The third-order valence-corrected chi connectivity index (χ3v) is 6.47. The number of halogens is 4. The maximum atomic E-state index is 13.7. The zero-order chi connectivity index (χ0) is 26.1. The molecule has 7 nitrogen and oxygen atoms in total. The fourth-order valence-corrected chi connectivity index (χ4v) is 4.17. The summed E-state index contributed by atoms with van der Waals surface area (Å²) < 4.78 is 38.3. The summed E-state index contributed by atoms with van der Waals surface area (Å²) in [6.45, 7) is 1.86. The van der Waals surface area contributed by atoms with Crippen molar-refractivity contribution >= 4 is 41.8 Å². The van der Waals surface area contributed by atoms with Gasteiger partial charge in [0.1, 0.15) is 29.4 Å². The molecule has 3 N–H and O–H groups in total. The van der Waals surface area contributed by atoms with Crippen LogP contribution in [0.15, 0.2) is 36.4 Å². The molecule has 2 atom stereocenters. The van der Waals surface area contributed by atoms with Gasteiger partial charge in [0.2, 0.25) is 6.41 Å². The SMILES string of the molecule is CCC1(COc2ccc(Cl)c(F)c2)CCC(C=O)(NC(=O)COc2ccc(Cl)c(F)c2)C1.NC=O. The minimum atomic E-state index is -1.06. The third-order valence-electron chi connectivity index (χ3n) is 5.85. The van der Waals surface area contributed by atoms with Crippen LogP contribution in [0.4, 0.5) is 8.78 Å². The molecule has 2 aromatic carbocycles. The van der Waals surface area contributed by atoms with Crippen LogP contribution in [0, 0.1) is 17.0 Å². The monoisotopic (exact) mass is 530 g/mol. The van der Waals surface area contributed by atoms with Crippen LogP contribution in [0.2, 0.25) is 10.0 Å². The molecule has 1 aliphatic carbocycles. The summed E-state index contributed by atoms with van der Waals surface area (Å²) in [7, 11) is 0. The quantitative estimate of drug-likeness (QED) is 0.465. The van der Waals surface area contributed by atoms with Crippen molar-refractivity contribution in [1.82, 2.24) is 5.32 Å². The van der Waals surface area contributed by atoms with Gasteiger partial charge < -0.3 is 25.3 Å². The highest BCUT2D eigenvalue weighted by atomic mass is 35.5. The van der Waals surface area contributed by atoms with Crippen molar-refractivity contribution in [2.45, 2.75) is 38.1 Å². The normalized spacial score (nSPS) is 20.8. The maximum absolute atomic E-state index is 13.7. The summed E-state index contributed by atoms with van der Waals surface area (Å²) in [6, 6.07) is 8.07. The van der Waals surface area contributed by atoms with Gasteiger partial charge in [-0.2, -0.15) is 0 Å². The van der Waals surface area contributed by atoms with Crippen LogP contribution >= 0.6 is 23.2 Å². The minimum Gasteiger partial charge on any atom is -0.493 e. The van der Waals surface area contributed by atoms with Crippen LogP contribution in [-0.2, 0) is 14.4 Å². The van der Waals surface area contributed by atoms with Crippen LogP contribution in [0.3, 0.4) is 0 Å². The van der Waals surface area contributed by atoms with E-state index in [2.05, 4.69) is 11.1 Å². The van der Waals surface area contributed by atoms with E-state index in [1.165, 1.54) is 24.3 Å². The van der Waals surface area contributed by atoms with Gasteiger partial charge in [-0.3, -0.25) is 9.59 Å². The Bertz CT molecular complexity index is 1060. The lowest BCUT2D eigenvalue weighted by Gasteiger charge is -2.31. The van der Waals surface area contributed by atoms with Gasteiger partial charge in [0, 0.05) is 17.5 Å². The van der Waals surface area contributed by atoms with Gasteiger partial charge in [-0.25, -0.2) is 8.78 Å². The average molecular weight is 531 g/mol. The molecule has 0 radical (unpaired) electrons. The van der Waals surface area contributed by atoms with E-state index in [9.17, 15) is 18.4 Å². The zero-order valence-corrected chi connectivity index (χ0v) is 20.5. The van der Waals surface area contributed by atoms with E-state index in [0.717, 1.165) is 12.4 Å². The highest BCUT2D eigenvalue weighted by Gasteiger charge is 2.48. The molecule has 3 rings (SSSR count). The first-order valence-corrected chi connectivity index (χ1v) is 11.5. The number of carbonyl (C=O) groups excluding carboxylic acids is 3. The Hall–Kier alpha value is -2.91. The van der Waals surface area contributed by atoms with E-state index in [0.29, 0.717) is 31.4 Å². The number of nitrogens with two attached hydrogens (primary N) is 1. The largest absolute Gasteiger partial charge is 0.493 e. The van der Waals surface area contributed by atoms with Crippen molar-refractivity contribution in [3.63, 3.8) is 0 Å². The molecule has 1 aliphatic rings. The Balaban J connectivity index is 0.00000137. The van der Waals surface area contributed by atoms with Gasteiger partial charge in [0.05, 0.1) is 22.2 Å². The van der Waals surface area contributed by atoms with Gasteiger partial charge in [-0.15, -0.1) is 0 Å². The summed E-state index contributed by atoms with van der Waals surface area (Å²) in [5.74, 6) is -1.23. The van der Waals surface area contributed by atoms with Gasteiger partial charge >= 0.3 is 0 Å². The third kappa shape index (κ3) is 7.80. The lowest BCUT2D eigenvalue weighted by molar-refractivity contribution is -0.128. The maximum Gasteiger partial charge on any atom is 0.258 e. The Labute approximate surface area is 211 Å². The number of carbonyl (C=O) groups is 3. The van der Waals surface area contributed by atoms with Crippen molar-refractivity contribution in [3.8, 4) is 11.5 Å². The Morgan fingerprint density at radius 2 is 1.60 bits per heavy atom. The average Bonchev–Trinajstić information content (AvgIpc) is 3.20. The molecule has 2 aromatic rings. The molecule has 0 bridgehead atoms. The zero-order valence-electron chi connectivity index (χ0n) is 19.0. The first-order chi connectivity index (χ1) is 16.6. The first-order valence-electron chi connectivity index (χ1n) is 10.7. The fourth-order valence-electron chi connectivity index (χ4n) is 3.93. The number of hydrogen-bond donors (Lipinski definition) is 2. The number of hydrogen-bond acceptors (Lipinski definition) is 5. The molecule has 0 heterocycles. The van der Waals surface area contributed by atoms with Crippen molar-refractivity contribution in [3.05, 3.63) is 58.1 Å². The second kappa shape index (κ2) is 12.7. The summed E-state index contributed by atoms with van der Waals surface area (Å²) in [4.78, 5) is 33.0. The lowest BCUT2D eigenvalue weighted by atomic mass is 9.82. The van der Waals surface area contributed by atoms with E-state index < -0.39 is 23.1 Å². The number of amides is 2. The Morgan fingerprint density at radius 3 is 2.09 bits per heavy atom. The Kier molecular flexibility index (Phi) is 10.3. The summed E-state index contributed by atoms with van der Waals surface area (Å²) in [6.07, 6.45) is 3.14. The van der Waals surface area contributed by atoms with Gasteiger partial charge in [0.25, 0.3) is 5.91 Å². The number of aldehydes is 1. The number of benzene rings is 2. The molecule has 0 aliphatic heterocycles. The summed E-state index contributed by atoms with van der Waals surface area (Å²) >= 11 is 11.3. The fraction of sp³-hybridized carbons (Fsp3) is 0.375. The minimum absolute atomic E-state index is 0.00895. The van der Waals surface area contributed by atoms with Crippen LogP contribution in [0.1, 0.15) is 32.6 Å². The second-order valence-corrected chi connectivity index (χ2v) is 9.03. The molecule has 0 aromatic heterocycles. The first kappa shape index (κ1) is 28.3. The molecule has 1 fully saturated rings. The number of rotatable bonds is 9.